The van der Waals surface area contributed by atoms with Gasteiger partial charge in [-0.3, -0.25) is 4.79 Å². The van der Waals surface area contributed by atoms with Gasteiger partial charge >= 0.3 is 0 Å². The highest BCUT2D eigenvalue weighted by Crippen LogP contribution is 2.24. The van der Waals surface area contributed by atoms with Crippen LogP contribution in [0.25, 0.3) is 11.3 Å². The Labute approximate surface area is 180 Å². The van der Waals surface area contributed by atoms with Gasteiger partial charge in [0.05, 0.1) is 18.4 Å². The summed E-state index contributed by atoms with van der Waals surface area (Å²) in [7, 11) is 1.65. The van der Waals surface area contributed by atoms with Crippen LogP contribution in [0.15, 0.2) is 65.6 Å². The molecule has 0 bridgehead atoms. The average Bonchev–Trinajstić information content (AvgIpc) is 2.84. The van der Waals surface area contributed by atoms with Crippen LogP contribution in [0, 0.1) is 0 Å². The number of ether oxygens (including phenoxy) is 1. The van der Waals surface area contributed by atoms with E-state index in [0.717, 1.165) is 46.4 Å². The Balaban J connectivity index is 1.39. The molecule has 0 unspecified atom stereocenters. The first-order valence-corrected chi connectivity index (χ1v) is 11.1. The van der Waals surface area contributed by atoms with E-state index in [1.54, 1.807) is 18.9 Å². The predicted octanol–water partition coefficient (Wildman–Crippen LogP) is 3.84. The minimum Gasteiger partial charge on any atom is -0.497 e. The lowest BCUT2D eigenvalue weighted by Crippen LogP contribution is -2.49. The SMILES string of the molecule is COc1ccc(-c2ccc(N3CCN(C(=O)c4ccccc4SC)CC3)nn2)cc1. The van der Waals surface area contributed by atoms with Gasteiger partial charge in [-0.2, -0.15) is 0 Å². The lowest BCUT2D eigenvalue weighted by molar-refractivity contribution is 0.0743. The molecule has 0 radical (unpaired) electrons. The summed E-state index contributed by atoms with van der Waals surface area (Å²) in [6, 6.07) is 19.5. The summed E-state index contributed by atoms with van der Waals surface area (Å²) in [6.45, 7) is 2.82. The number of piperazine rings is 1. The first kappa shape index (κ1) is 20.2. The number of carbonyl (C=O) groups excluding carboxylic acids is 1. The van der Waals surface area contributed by atoms with E-state index in [-0.39, 0.29) is 5.91 Å². The monoisotopic (exact) mass is 420 g/mol. The summed E-state index contributed by atoms with van der Waals surface area (Å²) in [5.41, 5.74) is 2.60. The van der Waals surface area contributed by atoms with Crippen molar-refractivity contribution in [3.8, 4) is 17.0 Å². The molecule has 1 saturated heterocycles. The quantitative estimate of drug-likeness (QED) is 0.585. The number of carbonyl (C=O) groups is 1. The van der Waals surface area contributed by atoms with Gasteiger partial charge in [-0.05, 0) is 54.8 Å². The Morgan fingerprint density at radius 2 is 1.67 bits per heavy atom. The van der Waals surface area contributed by atoms with E-state index in [4.69, 9.17) is 4.74 Å². The number of methoxy groups -OCH3 is 1. The molecule has 0 spiro atoms. The molecule has 1 aliphatic rings. The molecular formula is C23H24N4O2S. The van der Waals surface area contributed by atoms with Crippen molar-refractivity contribution in [3.63, 3.8) is 0 Å². The fourth-order valence-electron chi connectivity index (χ4n) is 3.54. The second-order valence-electron chi connectivity index (χ2n) is 6.98. The molecule has 4 rings (SSSR count). The van der Waals surface area contributed by atoms with Crippen LogP contribution in [0.5, 0.6) is 5.75 Å². The first-order valence-electron chi connectivity index (χ1n) is 9.85. The summed E-state index contributed by atoms with van der Waals surface area (Å²) in [5, 5.41) is 8.80. The molecule has 154 valence electrons. The number of thioether (sulfide) groups is 1. The minimum absolute atomic E-state index is 0.0977. The molecule has 30 heavy (non-hydrogen) atoms. The minimum atomic E-state index is 0.0977. The zero-order valence-electron chi connectivity index (χ0n) is 17.1. The van der Waals surface area contributed by atoms with Gasteiger partial charge in [-0.15, -0.1) is 22.0 Å². The Hall–Kier alpha value is -3.06. The van der Waals surface area contributed by atoms with Crippen LogP contribution < -0.4 is 9.64 Å². The maximum absolute atomic E-state index is 12.9. The lowest BCUT2D eigenvalue weighted by Gasteiger charge is -2.35. The van der Waals surface area contributed by atoms with Crippen molar-refractivity contribution >= 4 is 23.5 Å². The van der Waals surface area contributed by atoms with Crippen LogP contribution in [-0.2, 0) is 0 Å². The van der Waals surface area contributed by atoms with Crippen LogP contribution in [0.2, 0.25) is 0 Å². The van der Waals surface area contributed by atoms with Crippen molar-refractivity contribution in [2.45, 2.75) is 4.90 Å². The van der Waals surface area contributed by atoms with Gasteiger partial charge in [0, 0.05) is 36.6 Å². The third-order valence-corrected chi connectivity index (χ3v) is 6.06. The average molecular weight is 421 g/mol. The summed E-state index contributed by atoms with van der Waals surface area (Å²) < 4.78 is 5.20. The smallest absolute Gasteiger partial charge is 0.255 e. The van der Waals surface area contributed by atoms with Crippen LogP contribution in [0.1, 0.15) is 10.4 Å². The van der Waals surface area contributed by atoms with Gasteiger partial charge < -0.3 is 14.5 Å². The normalized spacial score (nSPS) is 13.9. The number of nitrogens with zero attached hydrogens (tertiary/aromatic N) is 4. The van der Waals surface area contributed by atoms with Crippen LogP contribution in [0.3, 0.4) is 0 Å². The van der Waals surface area contributed by atoms with E-state index in [1.807, 2.05) is 71.8 Å². The highest BCUT2D eigenvalue weighted by atomic mass is 32.2. The third-order valence-electron chi connectivity index (χ3n) is 5.26. The number of benzene rings is 2. The lowest BCUT2D eigenvalue weighted by atomic mass is 10.1. The van der Waals surface area contributed by atoms with Crippen LogP contribution >= 0.6 is 11.8 Å². The van der Waals surface area contributed by atoms with Crippen molar-refractivity contribution in [2.24, 2.45) is 0 Å². The first-order chi connectivity index (χ1) is 14.7. The Morgan fingerprint density at radius 3 is 2.30 bits per heavy atom. The fraction of sp³-hybridized carbons (Fsp3) is 0.261. The molecule has 3 aromatic rings. The van der Waals surface area contributed by atoms with Crippen LogP contribution in [-0.4, -0.2) is 60.5 Å². The zero-order valence-corrected chi connectivity index (χ0v) is 17.9. The third kappa shape index (κ3) is 4.26. The summed E-state index contributed by atoms with van der Waals surface area (Å²) in [6.07, 6.45) is 2.00. The Morgan fingerprint density at radius 1 is 0.933 bits per heavy atom. The molecule has 2 aromatic carbocycles. The van der Waals surface area contributed by atoms with Crippen molar-refractivity contribution in [3.05, 3.63) is 66.2 Å². The molecule has 6 nitrogen and oxygen atoms in total. The molecule has 1 fully saturated rings. The molecule has 7 heteroatoms. The van der Waals surface area contributed by atoms with Gasteiger partial charge in [0.15, 0.2) is 5.82 Å². The van der Waals surface area contributed by atoms with Crippen molar-refractivity contribution in [1.29, 1.82) is 0 Å². The van der Waals surface area contributed by atoms with Crippen molar-refractivity contribution < 1.29 is 9.53 Å². The second kappa shape index (κ2) is 9.17. The molecule has 2 heterocycles. The van der Waals surface area contributed by atoms with Gasteiger partial charge in [0.2, 0.25) is 0 Å². The van der Waals surface area contributed by atoms with Gasteiger partial charge in [0.25, 0.3) is 5.91 Å². The largest absolute Gasteiger partial charge is 0.497 e. The van der Waals surface area contributed by atoms with Gasteiger partial charge in [-0.1, -0.05) is 12.1 Å². The van der Waals surface area contributed by atoms with E-state index in [2.05, 4.69) is 15.1 Å². The maximum Gasteiger partial charge on any atom is 0.255 e. The number of rotatable bonds is 5. The van der Waals surface area contributed by atoms with Crippen molar-refractivity contribution in [2.75, 3.05) is 44.4 Å². The van der Waals surface area contributed by atoms with E-state index in [1.165, 1.54) is 0 Å². The predicted molar refractivity (Wildman–Crippen MR) is 120 cm³/mol. The Bertz CT molecular complexity index is 1000. The molecule has 1 amide bonds. The molecule has 0 atom stereocenters. The van der Waals surface area contributed by atoms with E-state index >= 15 is 0 Å². The summed E-state index contributed by atoms with van der Waals surface area (Å²) in [5.74, 6) is 1.75. The number of anilines is 1. The van der Waals surface area contributed by atoms with E-state index in [9.17, 15) is 4.79 Å². The number of aromatic nitrogens is 2. The topological polar surface area (TPSA) is 58.6 Å². The van der Waals surface area contributed by atoms with Crippen LogP contribution in [0.4, 0.5) is 5.82 Å². The molecule has 0 saturated carbocycles. The molecular weight excluding hydrogens is 396 g/mol. The highest BCUT2D eigenvalue weighted by molar-refractivity contribution is 7.98. The maximum atomic E-state index is 12.9. The fourth-order valence-corrected chi connectivity index (χ4v) is 4.13. The molecule has 1 aromatic heterocycles. The number of amides is 1. The van der Waals surface area contributed by atoms with E-state index < -0.39 is 0 Å². The van der Waals surface area contributed by atoms with E-state index in [0.29, 0.717) is 13.1 Å². The molecule has 0 aliphatic carbocycles. The Kier molecular flexibility index (Phi) is 6.18. The van der Waals surface area contributed by atoms with Gasteiger partial charge in [-0.25, -0.2) is 0 Å². The van der Waals surface area contributed by atoms with Gasteiger partial charge in [0.1, 0.15) is 5.75 Å². The standard InChI is InChI=1S/C23H24N4O2S/c1-29-18-9-7-17(8-10-18)20-11-12-22(25-24-20)26-13-15-27(16-14-26)23(28)19-5-3-4-6-21(19)30-2/h3-12H,13-16H2,1-2H3. The second-order valence-corrected chi connectivity index (χ2v) is 7.83. The summed E-state index contributed by atoms with van der Waals surface area (Å²) >= 11 is 1.60. The molecule has 0 N–H and O–H groups in total. The highest BCUT2D eigenvalue weighted by Gasteiger charge is 2.24. The molecule has 1 aliphatic heterocycles. The number of hydrogen-bond acceptors (Lipinski definition) is 6. The zero-order chi connectivity index (χ0) is 20.9. The van der Waals surface area contributed by atoms with Crippen molar-refractivity contribution in [1.82, 2.24) is 15.1 Å². The summed E-state index contributed by atoms with van der Waals surface area (Å²) in [4.78, 5) is 18.0. The number of hydrogen-bond donors (Lipinski definition) is 0.